The largest absolute Gasteiger partial charge is 0.330 e. The topological polar surface area (TPSA) is 56.7 Å². The van der Waals surface area contributed by atoms with Crippen molar-refractivity contribution in [3.63, 3.8) is 0 Å². The molecular weight excluding hydrogens is 212 g/mol. The van der Waals surface area contributed by atoms with Crippen LogP contribution in [0, 0.1) is 12.8 Å². The molecule has 1 aliphatic rings. The second kappa shape index (κ2) is 6.15. The molecule has 0 radical (unpaired) electrons. The molecular formula is C13H24N4. The molecule has 1 aromatic rings. The molecule has 4 heteroatoms. The first-order chi connectivity index (χ1) is 8.31. The molecule has 0 aliphatic heterocycles. The molecule has 1 fully saturated rings. The molecule has 96 valence electrons. The van der Waals surface area contributed by atoms with E-state index in [0.717, 1.165) is 43.5 Å². The number of hydrogen-bond donors (Lipinski definition) is 1. The van der Waals surface area contributed by atoms with Crippen molar-refractivity contribution in [1.82, 2.24) is 14.8 Å². The minimum Gasteiger partial charge on any atom is -0.330 e. The van der Waals surface area contributed by atoms with Gasteiger partial charge in [-0.25, -0.2) is 0 Å². The van der Waals surface area contributed by atoms with Gasteiger partial charge in [-0.2, -0.15) is 0 Å². The lowest BCUT2D eigenvalue weighted by molar-refractivity contribution is 0.484. The van der Waals surface area contributed by atoms with Gasteiger partial charge in [-0.3, -0.25) is 0 Å². The zero-order valence-corrected chi connectivity index (χ0v) is 10.9. The Morgan fingerprint density at radius 3 is 2.76 bits per heavy atom. The zero-order chi connectivity index (χ0) is 12.1. The number of nitrogens with two attached hydrogens (primary N) is 1. The molecule has 0 aromatic carbocycles. The summed E-state index contributed by atoms with van der Waals surface area (Å²) in [7, 11) is 0. The summed E-state index contributed by atoms with van der Waals surface area (Å²) in [6, 6.07) is 0. The van der Waals surface area contributed by atoms with Crippen LogP contribution in [0.2, 0.25) is 0 Å². The maximum atomic E-state index is 5.56. The summed E-state index contributed by atoms with van der Waals surface area (Å²) in [4.78, 5) is 0. The van der Waals surface area contributed by atoms with Crippen LogP contribution < -0.4 is 5.73 Å². The first-order valence-electron chi connectivity index (χ1n) is 6.90. The van der Waals surface area contributed by atoms with E-state index in [0.29, 0.717) is 0 Å². The highest BCUT2D eigenvalue weighted by molar-refractivity contribution is 4.94. The van der Waals surface area contributed by atoms with Gasteiger partial charge in [-0.05, 0) is 32.2 Å². The molecule has 0 atom stereocenters. The average Bonchev–Trinajstić information content (AvgIpc) is 2.94. The summed E-state index contributed by atoms with van der Waals surface area (Å²) in [5.41, 5.74) is 5.56. The molecule has 1 aromatic heterocycles. The Morgan fingerprint density at radius 2 is 2.06 bits per heavy atom. The summed E-state index contributed by atoms with van der Waals surface area (Å²) in [6.45, 7) is 3.73. The Hall–Kier alpha value is -0.900. The predicted molar refractivity (Wildman–Crippen MR) is 68.7 cm³/mol. The van der Waals surface area contributed by atoms with Crippen LogP contribution in [-0.2, 0) is 13.0 Å². The zero-order valence-electron chi connectivity index (χ0n) is 10.9. The van der Waals surface area contributed by atoms with Gasteiger partial charge in [0.2, 0.25) is 0 Å². The number of rotatable bonds is 6. The number of aromatic nitrogens is 3. The van der Waals surface area contributed by atoms with E-state index < -0.39 is 0 Å². The third-order valence-electron chi connectivity index (χ3n) is 3.85. The SMILES string of the molecule is Cc1nnc(CCC2CCCC2)n1CCCN. The van der Waals surface area contributed by atoms with E-state index in [-0.39, 0.29) is 0 Å². The minimum absolute atomic E-state index is 0.736. The van der Waals surface area contributed by atoms with Crippen molar-refractivity contribution in [1.29, 1.82) is 0 Å². The summed E-state index contributed by atoms with van der Waals surface area (Å²) >= 11 is 0. The van der Waals surface area contributed by atoms with Crippen molar-refractivity contribution in [2.75, 3.05) is 6.54 Å². The Labute approximate surface area is 104 Å². The van der Waals surface area contributed by atoms with Crippen LogP contribution in [0.5, 0.6) is 0 Å². The quantitative estimate of drug-likeness (QED) is 0.822. The molecule has 1 saturated carbocycles. The molecule has 0 bridgehead atoms. The van der Waals surface area contributed by atoms with Crippen LogP contribution >= 0.6 is 0 Å². The van der Waals surface area contributed by atoms with Gasteiger partial charge in [0.1, 0.15) is 11.6 Å². The highest BCUT2D eigenvalue weighted by atomic mass is 15.3. The third-order valence-corrected chi connectivity index (χ3v) is 3.85. The fraction of sp³-hybridized carbons (Fsp3) is 0.846. The van der Waals surface area contributed by atoms with Crippen LogP contribution in [0.15, 0.2) is 0 Å². The van der Waals surface area contributed by atoms with Gasteiger partial charge in [-0.15, -0.1) is 10.2 Å². The monoisotopic (exact) mass is 236 g/mol. The van der Waals surface area contributed by atoms with Crippen LogP contribution in [0.4, 0.5) is 0 Å². The average molecular weight is 236 g/mol. The van der Waals surface area contributed by atoms with Crippen molar-refractivity contribution >= 4 is 0 Å². The van der Waals surface area contributed by atoms with Crippen LogP contribution in [0.3, 0.4) is 0 Å². The lowest BCUT2D eigenvalue weighted by Crippen LogP contribution is -2.11. The third kappa shape index (κ3) is 3.28. The molecule has 1 heterocycles. The first kappa shape index (κ1) is 12.6. The van der Waals surface area contributed by atoms with Crippen molar-refractivity contribution in [3.8, 4) is 0 Å². The Morgan fingerprint density at radius 1 is 1.29 bits per heavy atom. The predicted octanol–water partition coefficient (Wildman–Crippen LogP) is 2.06. The van der Waals surface area contributed by atoms with Crippen molar-refractivity contribution in [2.45, 2.75) is 58.4 Å². The van der Waals surface area contributed by atoms with Crippen LogP contribution in [0.1, 0.15) is 50.2 Å². The van der Waals surface area contributed by atoms with E-state index in [1.165, 1.54) is 32.1 Å². The van der Waals surface area contributed by atoms with Gasteiger partial charge in [0.25, 0.3) is 0 Å². The number of aryl methyl sites for hydroxylation is 2. The van der Waals surface area contributed by atoms with Gasteiger partial charge in [0.15, 0.2) is 0 Å². The van der Waals surface area contributed by atoms with E-state index >= 15 is 0 Å². The summed E-state index contributed by atoms with van der Waals surface area (Å²) in [5, 5.41) is 8.49. The first-order valence-corrected chi connectivity index (χ1v) is 6.90. The van der Waals surface area contributed by atoms with Gasteiger partial charge < -0.3 is 10.3 Å². The summed E-state index contributed by atoms with van der Waals surface area (Å²) < 4.78 is 2.24. The van der Waals surface area contributed by atoms with E-state index in [1.54, 1.807) is 0 Å². The van der Waals surface area contributed by atoms with E-state index in [4.69, 9.17) is 5.73 Å². The maximum Gasteiger partial charge on any atom is 0.133 e. The smallest absolute Gasteiger partial charge is 0.133 e. The molecule has 0 unspecified atom stereocenters. The fourth-order valence-corrected chi connectivity index (χ4v) is 2.78. The lowest BCUT2D eigenvalue weighted by atomic mass is 10.0. The molecule has 2 rings (SSSR count). The molecule has 0 spiro atoms. The molecule has 0 amide bonds. The molecule has 17 heavy (non-hydrogen) atoms. The number of hydrogen-bond acceptors (Lipinski definition) is 3. The molecule has 1 aliphatic carbocycles. The van der Waals surface area contributed by atoms with Crippen molar-refractivity contribution in [3.05, 3.63) is 11.6 Å². The summed E-state index contributed by atoms with van der Waals surface area (Å²) in [5.74, 6) is 3.11. The standard InChI is InChI=1S/C13H24N4/c1-11-15-16-13(17(11)10-4-9-14)8-7-12-5-2-3-6-12/h12H,2-10,14H2,1H3. The number of nitrogens with zero attached hydrogens (tertiary/aromatic N) is 3. The van der Waals surface area contributed by atoms with E-state index in [1.807, 2.05) is 6.92 Å². The Balaban J connectivity index is 1.90. The van der Waals surface area contributed by atoms with Crippen molar-refractivity contribution in [2.24, 2.45) is 11.7 Å². The van der Waals surface area contributed by atoms with Crippen LogP contribution in [-0.4, -0.2) is 21.3 Å². The molecule has 2 N–H and O–H groups in total. The Bertz CT molecular complexity index is 339. The van der Waals surface area contributed by atoms with Gasteiger partial charge in [0.05, 0.1) is 0 Å². The summed E-state index contributed by atoms with van der Waals surface area (Å²) in [6.07, 6.45) is 9.03. The Kier molecular flexibility index (Phi) is 4.54. The van der Waals surface area contributed by atoms with Gasteiger partial charge >= 0.3 is 0 Å². The second-order valence-electron chi connectivity index (χ2n) is 5.15. The van der Waals surface area contributed by atoms with Gasteiger partial charge in [-0.1, -0.05) is 25.7 Å². The highest BCUT2D eigenvalue weighted by Crippen LogP contribution is 2.28. The maximum absolute atomic E-state index is 5.56. The van der Waals surface area contributed by atoms with E-state index in [9.17, 15) is 0 Å². The highest BCUT2D eigenvalue weighted by Gasteiger charge is 2.16. The second-order valence-corrected chi connectivity index (χ2v) is 5.15. The minimum atomic E-state index is 0.736. The molecule has 0 saturated heterocycles. The van der Waals surface area contributed by atoms with Crippen LogP contribution in [0.25, 0.3) is 0 Å². The normalized spacial score (nSPS) is 16.8. The molecule has 4 nitrogen and oxygen atoms in total. The van der Waals surface area contributed by atoms with Gasteiger partial charge in [0, 0.05) is 13.0 Å². The lowest BCUT2D eigenvalue weighted by Gasteiger charge is -2.10. The van der Waals surface area contributed by atoms with Crippen molar-refractivity contribution < 1.29 is 0 Å². The fourth-order valence-electron chi connectivity index (χ4n) is 2.78. The van der Waals surface area contributed by atoms with E-state index in [2.05, 4.69) is 14.8 Å².